The molecule has 0 radical (unpaired) electrons. The first-order valence-electron chi connectivity index (χ1n) is 5.48. The van der Waals surface area contributed by atoms with E-state index in [1.165, 1.54) is 9.75 Å². The maximum absolute atomic E-state index is 6.12. The van der Waals surface area contributed by atoms with Crippen molar-refractivity contribution in [2.45, 2.75) is 13.0 Å². The van der Waals surface area contributed by atoms with Crippen molar-refractivity contribution in [1.82, 2.24) is 0 Å². The van der Waals surface area contributed by atoms with Crippen molar-refractivity contribution in [3.63, 3.8) is 0 Å². The maximum atomic E-state index is 6.12. The summed E-state index contributed by atoms with van der Waals surface area (Å²) in [7, 11) is 0. The lowest BCUT2D eigenvalue weighted by atomic mass is 10.2. The third-order valence-corrected chi connectivity index (χ3v) is 3.99. The highest BCUT2D eigenvalue weighted by Crippen LogP contribution is 2.28. The summed E-state index contributed by atoms with van der Waals surface area (Å²) >= 11 is 7.88. The molecule has 0 fully saturated rings. The fourth-order valence-electron chi connectivity index (χ4n) is 1.65. The lowest BCUT2D eigenvalue weighted by Crippen LogP contribution is -2.19. The van der Waals surface area contributed by atoms with Gasteiger partial charge in [0.05, 0.1) is 16.8 Å². The van der Waals surface area contributed by atoms with Gasteiger partial charge in [0.1, 0.15) is 0 Å². The van der Waals surface area contributed by atoms with E-state index in [1.54, 1.807) is 11.3 Å². The molecule has 2 rings (SSSR count). The van der Waals surface area contributed by atoms with Gasteiger partial charge in [-0.3, -0.25) is 0 Å². The summed E-state index contributed by atoms with van der Waals surface area (Å²) in [5.74, 6) is 0. The summed E-state index contributed by atoms with van der Waals surface area (Å²) in [4.78, 5) is 2.53. The molecule has 1 heterocycles. The number of benzene rings is 1. The van der Waals surface area contributed by atoms with E-state index in [1.807, 2.05) is 24.3 Å². The van der Waals surface area contributed by atoms with E-state index < -0.39 is 0 Å². The van der Waals surface area contributed by atoms with Crippen molar-refractivity contribution in [2.24, 2.45) is 5.73 Å². The van der Waals surface area contributed by atoms with E-state index in [-0.39, 0.29) is 6.04 Å². The minimum absolute atomic E-state index is 0.119. The Kier molecular flexibility index (Phi) is 4.05. The average Bonchev–Trinajstić information content (AvgIpc) is 2.75. The quantitative estimate of drug-likeness (QED) is 0.883. The largest absolute Gasteiger partial charge is 0.375 e. The first-order valence-corrected chi connectivity index (χ1v) is 6.67. The minimum Gasteiger partial charge on any atom is -0.375 e. The van der Waals surface area contributed by atoms with Crippen molar-refractivity contribution in [3.05, 3.63) is 51.2 Å². The predicted molar refractivity (Wildman–Crippen MR) is 75.9 cm³/mol. The van der Waals surface area contributed by atoms with Crippen molar-refractivity contribution in [1.29, 1.82) is 0 Å². The van der Waals surface area contributed by atoms with Crippen molar-refractivity contribution >= 4 is 28.6 Å². The van der Waals surface area contributed by atoms with Crippen LogP contribution in [0.3, 0.4) is 0 Å². The van der Waals surface area contributed by atoms with Gasteiger partial charge in [0.2, 0.25) is 0 Å². The van der Waals surface area contributed by atoms with Gasteiger partial charge in [0, 0.05) is 16.3 Å². The number of halogens is 1. The van der Waals surface area contributed by atoms with Crippen LogP contribution in [-0.2, 0) is 0 Å². The molecule has 3 N–H and O–H groups in total. The van der Waals surface area contributed by atoms with Gasteiger partial charge in [-0.05, 0) is 31.2 Å². The maximum Gasteiger partial charge on any atom is 0.0729 e. The minimum atomic E-state index is 0.119. The van der Waals surface area contributed by atoms with Crippen LogP contribution in [0.5, 0.6) is 0 Å². The number of hydrogen-bond acceptors (Lipinski definition) is 3. The molecule has 17 heavy (non-hydrogen) atoms. The molecule has 0 amide bonds. The van der Waals surface area contributed by atoms with E-state index in [2.05, 4.69) is 24.4 Å². The molecule has 90 valence electrons. The summed E-state index contributed by atoms with van der Waals surface area (Å²) in [6.45, 7) is 2.64. The van der Waals surface area contributed by atoms with Crippen LogP contribution in [0.4, 0.5) is 5.69 Å². The lowest BCUT2D eigenvalue weighted by Gasteiger charge is -2.17. The van der Waals surface area contributed by atoms with Crippen molar-refractivity contribution in [2.75, 3.05) is 11.9 Å². The predicted octanol–water partition coefficient (Wildman–Crippen LogP) is 3.82. The topological polar surface area (TPSA) is 38.0 Å². The van der Waals surface area contributed by atoms with Gasteiger partial charge >= 0.3 is 0 Å². The molecule has 0 spiro atoms. The average molecular weight is 267 g/mol. The molecule has 0 saturated heterocycles. The molecule has 1 aromatic heterocycles. The van der Waals surface area contributed by atoms with Gasteiger partial charge < -0.3 is 11.1 Å². The molecule has 0 bridgehead atoms. The third kappa shape index (κ3) is 3.00. The van der Waals surface area contributed by atoms with Crippen LogP contribution < -0.4 is 11.1 Å². The molecule has 1 atom stereocenters. The fourth-order valence-corrected chi connectivity index (χ4v) is 2.78. The second kappa shape index (κ2) is 5.54. The second-order valence-electron chi connectivity index (χ2n) is 3.86. The van der Waals surface area contributed by atoms with Crippen molar-refractivity contribution < 1.29 is 0 Å². The fraction of sp³-hybridized carbons (Fsp3) is 0.231. The normalized spacial score (nSPS) is 12.4. The molecule has 2 nitrogen and oxygen atoms in total. The first kappa shape index (κ1) is 12.4. The highest BCUT2D eigenvalue weighted by molar-refractivity contribution is 7.12. The summed E-state index contributed by atoms with van der Waals surface area (Å²) in [6.07, 6.45) is 0. The van der Waals surface area contributed by atoms with Crippen LogP contribution in [-0.4, -0.2) is 6.54 Å². The van der Waals surface area contributed by atoms with Gasteiger partial charge in [-0.1, -0.05) is 23.7 Å². The van der Waals surface area contributed by atoms with Gasteiger partial charge in [0.25, 0.3) is 0 Å². The van der Waals surface area contributed by atoms with Crippen LogP contribution in [0.25, 0.3) is 0 Å². The summed E-state index contributed by atoms with van der Waals surface area (Å²) in [6, 6.07) is 12.1. The molecular weight excluding hydrogens is 252 g/mol. The number of nitrogens with one attached hydrogen (secondary N) is 1. The van der Waals surface area contributed by atoms with E-state index in [0.29, 0.717) is 6.54 Å². The number of hydrogen-bond donors (Lipinski definition) is 2. The molecule has 4 heteroatoms. The zero-order valence-corrected chi connectivity index (χ0v) is 11.2. The van der Waals surface area contributed by atoms with Crippen molar-refractivity contribution in [3.8, 4) is 0 Å². The zero-order valence-electron chi connectivity index (χ0n) is 9.61. The molecular formula is C13H15ClN2S. The Morgan fingerprint density at radius 2 is 2.06 bits per heavy atom. The first-order chi connectivity index (χ1) is 8.20. The van der Waals surface area contributed by atoms with E-state index in [0.717, 1.165) is 10.7 Å². The van der Waals surface area contributed by atoms with Gasteiger partial charge in [-0.2, -0.15) is 0 Å². The summed E-state index contributed by atoms with van der Waals surface area (Å²) < 4.78 is 0. The number of rotatable bonds is 4. The number of thiophene rings is 1. The molecule has 0 aliphatic carbocycles. The Bertz CT molecular complexity index is 496. The molecule has 0 aliphatic heterocycles. The Balaban J connectivity index is 2.18. The van der Waals surface area contributed by atoms with Crippen LogP contribution in [0.15, 0.2) is 36.4 Å². The highest BCUT2D eigenvalue weighted by atomic mass is 35.5. The van der Waals surface area contributed by atoms with Crippen LogP contribution >= 0.6 is 22.9 Å². The third-order valence-electron chi connectivity index (χ3n) is 2.54. The van der Waals surface area contributed by atoms with Crippen LogP contribution in [0.2, 0.25) is 5.02 Å². The Labute approximate surface area is 110 Å². The SMILES string of the molecule is Cc1ccc(C(CN)Nc2ccccc2Cl)s1. The standard InChI is InChI=1S/C13H15ClN2S/c1-9-6-7-13(17-9)12(8-15)16-11-5-3-2-4-10(11)14/h2-7,12,16H,8,15H2,1H3. The van der Waals surface area contributed by atoms with E-state index in [9.17, 15) is 0 Å². The second-order valence-corrected chi connectivity index (χ2v) is 5.59. The highest BCUT2D eigenvalue weighted by Gasteiger charge is 2.12. The number of para-hydroxylation sites is 1. The van der Waals surface area contributed by atoms with E-state index in [4.69, 9.17) is 17.3 Å². The number of nitrogens with two attached hydrogens (primary N) is 1. The molecule has 0 saturated carbocycles. The monoisotopic (exact) mass is 266 g/mol. The van der Waals surface area contributed by atoms with Gasteiger partial charge in [0.15, 0.2) is 0 Å². The molecule has 1 unspecified atom stereocenters. The molecule has 0 aliphatic rings. The van der Waals surface area contributed by atoms with Gasteiger partial charge in [-0.25, -0.2) is 0 Å². The lowest BCUT2D eigenvalue weighted by molar-refractivity contribution is 0.806. The Morgan fingerprint density at radius 1 is 1.29 bits per heavy atom. The smallest absolute Gasteiger partial charge is 0.0729 e. The zero-order chi connectivity index (χ0) is 12.3. The Morgan fingerprint density at radius 3 is 2.65 bits per heavy atom. The number of anilines is 1. The molecule has 2 aromatic rings. The summed E-state index contributed by atoms with van der Waals surface area (Å²) in [5, 5.41) is 4.10. The van der Waals surface area contributed by atoms with Crippen LogP contribution in [0, 0.1) is 6.92 Å². The van der Waals surface area contributed by atoms with E-state index >= 15 is 0 Å². The van der Waals surface area contributed by atoms with Crippen LogP contribution in [0.1, 0.15) is 15.8 Å². The molecule has 1 aromatic carbocycles. The Hall–Kier alpha value is -1.03. The number of aryl methyl sites for hydroxylation is 1. The van der Waals surface area contributed by atoms with Gasteiger partial charge in [-0.15, -0.1) is 11.3 Å². The summed E-state index contributed by atoms with van der Waals surface area (Å²) in [5.41, 5.74) is 6.74.